The van der Waals surface area contributed by atoms with Crippen LogP contribution in [0.3, 0.4) is 0 Å². The number of alkyl halides is 3. The molecule has 1 fully saturated rings. The van der Waals surface area contributed by atoms with Crippen molar-refractivity contribution in [3.8, 4) is 0 Å². The molecular formula is C25H23F4N5S. The van der Waals surface area contributed by atoms with Gasteiger partial charge < -0.3 is 15.2 Å². The number of nitrogens with one attached hydrogen (secondary N) is 2. The van der Waals surface area contributed by atoms with Crippen LogP contribution < -0.4 is 5.32 Å². The fourth-order valence-corrected chi connectivity index (χ4v) is 5.31. The van der Waals surface area contributed by atoms with Crippen molar-refractivity contribution in [1.29, 1.82) is 0 Å². The fraction of sp³-hybridized carbons (Fsp3) is 0.240. The predicted molar refractivity (Wildman–Crippen MR) is 130 cm³/mol. The number of hydrogen-bond acceptors (Lipinski definition) is 5. The van der Waals surface area contributed by atoms with E-state index in [2.05, 4.69) is 21.9 Å². The monoisotopic (exact) mass is 501 g/mol. The summed E-state index contributed by atoms with van der Waals surface area (Å²) in [6.07, 6.45) is 2.59. The molecule has 0 spiro atoms. The third-order valence-electron chi connectivity index (χ3n) is 6.04. The molecule has 1 aromatic carbocycles. The lowest BCUT2D eigenvalue weighted by Gasteiger charge is -2.44. The molecule has 5 rings (SSSR count). The van der Waals surface area contributed by atoms with E-state index in [0.29, 0.717) is 29.5 Å². The first-order chi connectivity index (χ1) is 16.8. The Balaban J connectivity index is 1.37. The zero-order chi connectivity index (χ0) is 24.6. The second-order valence-electron chi connectivity index (χ2n) is 8.42. The summed E-state index contributed by atoms with van der Waals surface area (Å²) in [6, 6.07) is 8.07. The molecule has 10 heteroatoms. The number of piperazine rings is 1. The molecule has 3 aromatic rings. The average molecular weight is 502 g/mol. The minimum Gasteiger partial charge on any atom is -0.346 e. The Morgan fingerprint density at radius 2 is 1.89 bits per heavy atom. The Kier molecular flexibility index (Phi) is 6.33. The number of hydrogen-bond donors (Lipinski definition) is 2. The number of nitrogens with zero attached hydrogens (tertiary/aromatic N) is 3. The van der Waals surface area contributed by atoms with Crippen LogP contribution in [-0.4, -0.2) is 51.0 Å². The summed E-state index contributed by atoms with van der Waals surface area (Å²) in [6.45, 7) is 4.42. The lowest BCUT2D eigenvalue weighted by atomic mass is 10.00. The standard InChI is InChI=1S/C25H23F4N5S/c1-16-12-18(20-6-8-30-24-21(20)7-9-31-24)13-23(32-16)34-11-10-33(14-22(34)25(27,28)29)35-15-17-2-4-19(26)5-3-17/h2-9,12-13,22,32H,1,10-11,14-15H2,(H,30,31). The molecule has 0 bridgehead atoms. The van der Waals surface area contributed by atoms with Crippen molar-refractivity contribution in [1.82, 2.24) is 24.5 Å². The van der Waals surface area contributed by atoms with E-state index in [1.54, 1.807) is 34.9 Å². The molecule has 1 unspecified atom stereocenters. The average Bonchev–Trinajstić information content (AvgIpc) is 3.32. The van der Waals surface area contributed by atoms with E-state index >= 15 is 0 Å². The van der Waals surface area contributed by atoms with Crippen LogP contribution in [-0.2, 0) is 5.75 Å². The van der Waals surface area contributed by atoms with Crippen molar-refractivity contribution in [2.45, 2.75) is 18.0 Å². The van der Waals surface area contributed by atoms with Gasteiger partial charge in [-0.1, -0.05) is 30.7 Å². The lowest BCUT2D eigenvalue weighted by molar-refractivity contribution is -0.187. The molecule has 4 heterocycles. The predicted octanol–water partition coefficient (Wildman–Crippen LogP) is 5.44. The van der Waals surface area contributed by atoms with Crippen LogP contribution in [0.25, 0.3) is 16.6 Å². The van der Waals surface area contributed by atoms with Gasteiger partial charge in [0.1, 0.15) is 23.3 Å². The van der Waals surface area contributed by atoms with E-state index in [9.17, 15) is 17.6 Å². The Morgan fingerprint density at radius 1 is 1.09 bits per heavy atom. The topological polar surface area (TPSA) is 47.2 Å². The maximum atomic E-state index is 14.2. The van der Waals surface area contributed by atoms with E-state index in [1.165, 1.54) is 29.0 Å². The number of fused-ring (bicyclic) bond motifs is 1. The van der Waals surface area contributed by atoms with Crippen LogP contribution >= 0.6 is 11.9 Å². The molecule has 2 N–H and O–H groups in total. The third kappa shape index (κ3) is 5.08. The first-order valence-corrected chi connectivity index (χ1v) is 12.0. The van der Waals surface area contributed by atoms with Gasteiger partial charge in [-0.15, -0.1) is 0 Å². The minimum absolute atomic E-state index is 0.183. The first kappa shape index (κ1) is 23.5. The van der Waals surface area contributed by atoms with Gasteiger partial charge in [0.05, 0.1) is 0 Å². The summed E-state index contributed by atoms with van der Waals surface area (Å²) in [5, 5.41) is 3.93. The summed E-state index contributed by atoms with van der Waals surface area (Å²) >= 11 is 1.33. The summed E-state index contributed by atoms with van der Waals surface area (Å²) in [5.74, 6) is 0.514. The van der Waals surface area contributed by atoms with E-state index < -0.39 is 12.2 Å². The Labute approximate surface area is 204 Å². The van der Waals surface area contributed by atoms with Gasteiger partial charge in [-0.05, 0) is 53.1 Å². The molecule has 2 aliphatic heterocycles. The third-order valence-corrected chi connectivity index (χ3v) is 7.20. The van der Waals surface area contributed by atoms with Crippen molar-refractivity contribution in [3.63, 3.8) is 0 Å². The molecule has 35 heavy (non-hydrogen) atoms. The minimum atomic E-state index is -4.43. The summed E-state index contributed by atoms with van der Waals surface area (Å²) in [7, 11) is 0. The molecule has 5 nitrogen and oxygen atoms in total. The zero-order valence-corrected chi connectivity index (χ0v) is 19.5. The molecule has 1 saturated heterocycles. The smallest absolute Gasteiger partial charge is 0.346 e. The Morgan fingerprint density at radius 3 is 2.66 bits per heavy atom. The van der Waals surface area contributed by atoms with Gasteiger partial charge in [0.25, 0.3) is 0 Å². The van der Waals surface area contributed by atoms with Crippen LogP contribution in [0.1, 0.15) is 11.1 Å². The SMILES string of the molecule is C=C1C=C(c2ccnc3[nH]ccc23)C=C(N2CCN(SCc3ccc(F)cc3)CC2C(F)(F)F)N1. The maximum Gasteiger partial charge on any atom is 0.410 e. The fourth-order valence-electron chi connectivity index (χ4n) is 4.33. The van der Waals surface area contributed by atoms with Gasteiger partial charge in [0.2, 0.25) is 0 Å². The highest BCUT2D eigenvalue weighted by molar-refractivity contribution is 7.96. The number of pyridine rings is 1. The molecule has 2 aromatic heterocycles. The van der Waals surface area contributed by atoms with Gasteiger partial charge in [-0.2, -0.15) is 13.2 Å². The maximum absolute atomic E-state index is 14.2. The number of rotatable bonds is 5. The summed E-state index contributed by atoms with van der Waals surface area (Å²) in [4.78, 5) is 8.73. The summed E-state index contributed by atoms with van der Waals surface area (Å²) < 4.78 is 57.4. The first-order valence-electron chi connectivity index (χ1n) is 11.1. The van der Waals surface area contributed by atoms with Crippen molar-refractivity contribution in [3.05, 3.63) is 96.0 Å². The number of dihydropyridines is 1. The van der Waals surface area contributed by atoms with Crippen molar-refractivity contribution in [2.24, 2.45) is 0 Å². The number of halogens is 4. The quantitative estimate of drug-likeness (QED) is 0.360. The van der Waals surface area contributed by atoms with Crippen LogP contribution in [0.2, 0.25) is 0 Å². The van der Waals surface area contributed by atoms with Gasteiger partial charge in [0, 0.05) is 48.9 Å². The van der Waals surface area contributed by atoms with Crippen molar-refractivity contribution < 1.29 is 17.6 Å². The highest BCUT2D eigenvalue weighted by Crippen LogP contribution is 2.35. The van der Waals surface area contributed by atoms with Gasteiger partial charge in [-0.25, -0.2) is 13.7 Å². The van der Waals surface area contributed by atoms with Crippen molar-refractivity contribution in [2.75, 3.05) is 19.6 Å². The molecular weight excluding hydrogens is 478 g/mol. The number of aromatic amines is 1. The van der Waals surface area contributed by atoms with E-state index in [-0.39, 0.29) is 18.9 Å². The Hall–Kier alpha value is -3.24. The highest BCUT2D eigenvalue weighted by atomic mass is 32.2. The van der Waals surface area contributed by atoms with Crippen LogP contribution in [0.5, 0.6) is 0 Å². The number of H-pyrrole nitrogens is 1. The van der Waals surface area contributed by atoms with E-state index in [4.69, 9.17) is 0 Å². The summed E-state index contributed by atoms with van der Waals surface area (Å²) in [5.41, 5.74) is 3.73. The normalized spacial score (nSPS) is 19.5. The van der Waals surface area contributed by atoms with Crippen molar-refractivity contribution >= 4 is 28.6 Å². The number of aromatic nitrogens is 2. The highest BCUT2D eigenvalue weighted by Gasteiger charge is 2.47. The van der Waals surface area contributed by atoms with Gasteiger partial charge in [-0.3, -0.25) is 0 Å². The molecule has 182 valence electrons. The lowest BCUT2D eigenvalue weighted by Crippen LogP contribution is -2.58. The number of allylic oxidation sites excluding steroid dienone is 3. The van der Waals surface area contributed by atoms with Gasteiger partial charge in [0.15, 0.2) is 0 Å². The van der Waals surface area contributed by atoms with E-state index in [0.717, 1.165) is 22.1 Å². The van der Waals surface area contributed by atoms with Crippen LogP contribution in [0.15, 0.2) is 79.0 Å². The second kappa shape index (κ2) is 9.43. The van der Waals surface area contributed by atoms with E-state index in [1.807, 2.05) is 18.2 Å². The molecule has 0 amide bonds. The molecule has 1 atom stereocenters. The zero-order valence-electron chi connectivity index (χ0n) is 18.6. The molecule has 0 saturated carbocycles. The largest absolute Gasteiger partial charge is 0.410 e. The second-order valence-corrected chi connectivity index (χ2v) is 9.48. The van der Waals surface area contributed by atoms with Crippen LogP contribution in [0, 0.1) is 5.82 Å². The molecule has 0 aliphatic carbocycles. The number of benzene rings is 1. The van der Waals surface area contributed by atoms with Crippen LogP contribution in [0.4, 0.5) is 17.6 Å². The molecule has 0 radical (unpaired) electrons. The molecule has 2 aliphatic rings. The Bertz CT molecular complexity index is 1300. The van der Waals surface area contributed by atoms with Gasteiger partial charge >= 0.3 is 6.18 Å².